The summed E-state index contributed by atoms with van der Waals surface area (Å²) in [6.45, 7) is 9.76. The number of carbonyl (C=O) groups is 2. The first kappa shape index (κ1) is 20.8. The van der Waals surface area contributed by atoms with Crippen LogP contribution >= 0.6 is 11.6 Å². The van der Waals surface area contributed by atoms with Crippen molar-refractivity contribution in [1.29, 1.82) is 0 Å². The van der Waals surface area contributed by atoms with Crippen molar-refractivity contribution < 1.29 is 23.8 Å². The molecule has 0 N–H and O–H groups in total. The summed E-state index contributed by atoms with van der Waals surface area (Å²) < 4.78 is 15.7. The van der Waals surface area contributed by atoms with Gasteiger partial charge in [-0.1, -0.05) is 38.4 Å². The molecule has 0 bridgehead atoms. The normalized spacial score (nSPS) is 11.0. The Balaban J connectivity index is 2.43. The van der Waals surface area contributed by atoms with Crippen LogP contribution < -0.4 is 9.47 Å². The van der Waals surface area contributed by atoms with Gasteiger partial charge in [-0.25, -0.2) is 9.59 Å². The SMILES string of the molecule is CCOC(=O)Oc1c(C)cc(C(C)(C)C)cc1OC(=O)c1ccc(Cl)cc1. The van der Waals surface area contributed by atoms with Gasteiger partial charge in [0.15, 0.2) is 11.5 Å². The van der Waals surface area contributed by atoms with Crippen LogP contribution in [0.4, 0.5) is 4.79 Å². The maximum atomic E-state index is 12.5. The van der Waals surface area contributed by atoms with Crippen molar-refractivity contribution in [2.24, 2.45) is 0 Å². The van der Waals surface area contributed by atoms with Crippen LogP contribution in [0, 0.1) is 6.92 Å². The molecule has 2 aromatic rings. The molecule has 0 atom stereocenters. The third kappa shape index (κ3) is 5.47. The molecule has 0 saturated carbocycles. The van der Waals surface area contributed by atoms with E-state index in [-0.39, 0.29) is 23.5 Å². The summed E-state index contributed by atoms with van der Waals surface area (Å²) >= 11 is 5.86. The first-order valence-electron chi connectivity index (χ1n) is 8.59. The molecule has 0 spiro atoms. The second kappa shape index (κ2) is 8.44. The molecule has 0 heterocycles. The van der Waals surface area contributed by atoms with Gasteiger partial charge in [0.2, 0.25) is 0 Å². The number of halogens is 1. The third-order valence-electron chi connectivity index (χ3n) is 3.84. The van der Waals surface area contributed by atoms with E-state index in [9.17, 15) is 9.59 Å². The van der Waals surface area contributed by atoms with Gasteiger partial charge in [-0.05, 0) is 60.7 Å². The summed E-state index contributed by atoms with van der Waals surface area (Å²) in [6.07, 6.45) is -0.854. The third-order valence-corrected chi connectivity index (χ3v) is 4.09. The Bertz CT molecular complexity index is 835. The van der Waals surface area contributed by atoms with E-state index in [1.165, 1.54) is 0 Å². The van der Waals surface area contributed by atoms with E-state index in [0.29, 0.717) is 16.1 Å². The molecule has 0 saturated heterocycles. The summed E-state index contributed by atoms with van der Waals surface area (Å²) in [4.78, 5) is 24.3. The molecule has 0 amide bonds. The van der Waals surface area contributed by atoms with Crippen molar-refractivity contribution in [1.82, 2.24) is 0 Å². The molecule has 0 radical (unpaired) electrons. The van der Waals surface area contributed by atoms with Crippen LogP contribution in [0.15, 0.2) is 36.4 Å². The summed E-state index contributed by atoms with van der Waals surface area (Å²) in [5, 5.41) is 0.517. The van der Waals surface area contributed by atoms with Gasteiger partial charge < -0.3 is 14.2 Å². The van der Waals surface area contributed by atoms with Gasteiger partial charge in [-0.2, -0.15) is 0 Å². The molecule has 0 aliphatic carbocycles. The van der Waals surface area contributed by atoms with Gasteiger partial charge in [0.25, 0.3) is 0 Å². The molecule has 27 heavy (non-hydrogen) atoms. The van der Waals surface area contributed by atoms with Gasteiger partial charge in [0, 0.05) is 5.02 Å². The maximum Gasteiger partial charge on any atom is 0.513 e. The predicted molar refractivity (Wildman–Crippen MR) is 104 cm³/mol. The van der Waals surface area contributed by atoms with E-state index in [2.05, 4.69) is 0 Å². The lowest BCUT2D eigenvalue weighted by Crippen LogP contribution is -2.17. The number of carbonyl (C=O) groups excluding carboxylic acids is 2. The highest BCUT2D eigenvalue weighted by molar-refractivity contribution is 6.30. The van der Waals surface area contributed by atoms with Gasteiger partial charge >= 0.3 is 12.1 Å². The molecule has 0 fully saturated rings. The van der Waals surface area contributed by atoms with E-state index >= 15 is 0 Å². The average molecular weight is 391 g/mol. The standard InChI is InChI=1S/C21H23ClO5/c1-6-25-20(24)27-18-13(2)11-15(21(3,4)5)12-17(18)26-19(23)14-7-9-16(22)10-8-14/h7-12H,6H2,1-5H3. The minimum absolute atomic E-state index is 0.156. The number of rotatable bonds is 4. The maximum absolute atomic E-state index is 12.5. The van der Waals surface area contributed by atoms with Crippen molar-refractivity contribution in [2.45, 2.75) is 40.0 Å². The number of ether oxygens (including phenoxy) is 3. The summed E-state index contributed by atoms with van der Waals surface area (Å²) in [7, 11) is 0. The molecule has 0 aliphatic rings. The minimum Gasteiger partial charge on any atom is -0.434 e. The smallest absolute Gasteiger partial charge is 0.434 e. The molecule has 2 aromatic carbocycles. The highest BCUT2D eigenvalue weighted by Gasteiger charge is 2.23. The molecular weight excluding hydrogens is 368 g/mol. The number of esters is 1. The molecule has 0 aromatic heterocycles. The summed E-state index contributed by atoms with van der Waals surface area (Å²) in [6, 6.07) is 9.94. The van der Waals surface area contributed by atoms with Crippen molar-refractivity contribution >= 4 is 23.7 Å². The fourth-order valence-electron chi connectivity index (χ4n) is 2.36. The van der Waals surface area contributed by atoms with Crippen LogP contribution in [-0.2, 0) is 10.2 Å². The lowest BCUT2D eigenvalue weighted by Gasteiger charge is -2.22. The van der Waals surface area contributed by atoms with E-state index in [0.717, 1.165) is 5.56 Å². The van der Waals surface area contributed by atoms with Crippen LogP contribution in [0.5, 0.6) is 11.5 Å². The fraction of sp³-hybridized carbons (Fsp3) is 0.333. The summed E-state index contributed by atoms with van der Waals surface area (Å²) in [5.41, 5.74) is 1.75. The Morgan fingerprint density at radius 3 is 2.22 bits per heavy atom. The Morgan fingerprint density at radius 1 is 1.04 bits per heavy atom. The highest BCUT2D eigenvalue weighted by Crippen LogP contribution is 2.37. The topological polar surface area (TPSA) is 61.8 Å². The molecule has 2 rings (SSSR count). The Kier molecular flexibility index (Phi) is 6.50. The zero-order valence-corrected chi connectivity index (χ0v) is 16.8. The van der Waals surface area contributed by atoms with Crippen molar-refractivity contribution in [3.8, 4) is 11.5 Å². The number of benzene rings is 2. The van der Waals surface area contributed by atoms with Crippen LogP contribution in [0.3, 0.4) is 0 Å². The largest absolute Gasteiger partial charge is 0.513 e. The Hall–Kier alpha value is -2.53. The van der Waals surface area contributed by atoms with E-state index in [1.807, 2.05) is 26.8 Å². The average Bonchev–Trinajstić information content (AvgIpc) is 2.57. The molecule has 6 heteroatoms. The van der Waals surface area contributed by atoms with Crippen LogP contribution in [0.2, 0.25) is 5.02 Å². The van der Waals surface area contributed by atoms with Crippen LogP contribution in [0.25, 0.3) is 0 Å². The number of hydrogen-bond donors (Lipinski definition) is 0. The quantitative estimate of drug-likeness (QED) is 0.380. The predicted octanol–water partition coefficient (Wildman–Crippen LogP) is 5.70. The zero-order valence-electron chi connectivity index (χ0n) is 16.1. The summed E-state index contributed by atoms with van der Waals surface area (Å²) in [5.74, 6) is -0.262. The van der Waals surface area contributed by atoms with Crippen LogP contribution in [-0.4, -0.2) is 18.7 Å². The van der Waals surface area contributed by atoms with Crippen molar-refractivity contribution in [3.63, 3.8) is 0 Å². The molecule has 0 unspecified atom stereocenters. The van der Waals surface area contributed by atoms with Gasteiger partial charge in [-0.15, -0.1) is 0 Å². The van der Waals surface area contributed by atoms with Crippen LogP contribution in [0.1, 0.15) is 49.2 Å². The fourth-order valence-corrected chi connectivity index (χ4v) is 2.48. The first-order chi connectivity index (χ1) is 12.6. The molecule has 0 aliphatic heterocycles. The van der Waals surface area contributed by atoms with Crippen molar-refractivity contribution in [2.75, 3.05) is 6.61 Å². The first-order valence-corrected chi connectivity index (χ1v) is 8.97. The van der Waals surface area contributed by atoms with Gasteiger partial charge in [0.1, 0.15) is 0 Å². The zero-order chi connectivity index (χ0) is 20.2. The Labute approximate surface area is 164 Å². The van der Waals surface area contributed by atoms with Crippen molar-refractivity contribution in [3.05, 3.63) is 58.1 Å². The Morgan fingerprint density at radius 2 is 1.67 bits per heavy atom. The van der Waals surface area contributed by atoms with E-state index < -0.39 is 12.1 Å². The van der Waals surface area contributed by atoms with Gasteiger partial charge in [-0.3, -0.25) is 0 Å². The number of aryl methyl sites for hydroxylation is 1. The second-order valence-electron chi connectivity index (χ2n) is 7.05. The lowest BCUT2D eigenvalue weighted by molar-refractivity contribution is 0.0717. The minimum atomic E-state index is -0.854. The molecular formula is C21H23ClO5. The molecule has 144 valence electrons. The van der Waals surface area contributed by atoms with E-state index in [1.54, 1.807) is 44.2 Å². The number of hydrogen-bond acceptors (Lipinski definition) is 5. The van der Waals surface area contributed by atoms with Gasteiger partial charge in [0.05, 0.1) is 12.2 Å². The molecule has 5 nitrogen and oxygen atoms in total. The highest BCUT2D eigenvalue weighted by atomic mass is 35.5. The lowest BCUT2D eigenvalue weighted by atomic mass is 9.86. The van der Waals surface area contributed by atoms with E-state index in [4.69, 9.17) is 25.8 Å². The second-order valence-corrected chi connectivity index (χ2v) is 7.49. The monoisotopic (exact) mass is 390 g/mol.